The summed E-state index contributed by atoms with van der Waals surface area (Å²) in [5, 5.41) is 21.1. The first kappa shape index (κ1) is 12.2. The van der Waals surface area contributed by atoms with Crippen molar-refractivity contribution in [1.82, 2.24) is 20.1 Å². The Labute approximate surface area is 104 Å². The van der Waals surface area contributed by atoms with E-state index in [4.69, 9.17) is 0 Å². The molecule has 6 heteroatoms. The van der Waals surface area contributed by atoms with Crippen LogP contribution in [-0.2, 0) is 13.1 Å². The number of rotatable bonds is 6. The van der Waals surface area contributed by atoms with E-state index in [2.05, 4.69) is 15.4 Å². The van der Waals surface area contributed by atoms with E-state index in [1.165, 1.54) is 0 Å². The Hall–Kier alpha value is -1.24. The molecular formula is C11H16N4OS. The predicted octanol–water partition coefficient (Wildman–Crippen LogP) is 1.18. The van der Waals surface area contributed by atoms with E-state index >= 15 is 0 Å². The zero-order chi connectivity index (χ0) is 12.1. The van der Waals surface area contributed by atoms with Gasteiger partial charge in [0.15, 0.2) is 0 Å². The van der Waals surface area contributed by atoms with Crippen LogP contribution in [0, 0.1) is 0 Å². The fourth-order valence-electron chi connectivity index (χ4n) is 1.59. The van der Waals surface area contributed by atoms with Gasteiger partial charge in [-0.1, -0.05) is 0 Å². The Bertz CT molecular complexity index is 440. The van der Waals surface area contributed by atoms with Gasteiger partial charge in [-0.15, -0.1) is 0 Å². The Morgan fingerprint density at radius 2 is 2.47 bits per heavy atom. The van der Waals surface area contributed by atoms with Gasteiger partial charge < -0.3 is 10.4 Å². The first-order chi connectivity index (χ1) is 8.31. The maximum atomic E-state index is 9.87. The molecule has 1 atom stereocenters. The van der Waals surface area contributed by atoms with Crippen LogP contribution < -0.4 is 5.32 Å². The van der Waals surface area contributed by atoms with Crippen LogP contribution in [0.4, 0.5) is 0 Å². The van der Waals surface area contributed by atoms with Crippen molar-refractivity contribution < 1.29 is 5.11 Å². The van der Waals surface area contributed by atoms with Gasteiger partial charge in [0.05, 0.1) is 12.6 Å². The number of hydrogen-bond donors (Lipinski definition) is 2. The van der Waals surface area contributed by atoms with Crippen LogP contribution in [0.15, 0.2) is 23.2 Å². The first-order valence-electron chi connectivity index (χ1n) is 5.58. The lowest BCUT2D eigenvalue weighted by molar-refractivity contribution is 0.174. The molecule has 1 unspecified atom stereocenters. The van der Waals surface area contributed by atoms with Gasteiger partial charge in [-0.3, -0.25) is 0 Å². The number of thiophene rings is 1. The van der Waals surface area contributed by atoms with Gasteiger partial charge in [0.25, 0.3) is 0 Å². The molecule has 0 amide bonds. The highest BCUT2D eigenvalue weighted by Gasteiger charge is 2.08. The summed E-state index contributed by atoms with van der Waals surface area (Å²) >= 11 is 1.59. The molecule has 0 aromatic carbocycles. The van der Waals surface area contributed by atoms with Crippen LogP contribution in [0.5, 0.6) is 0 Å². The third-order valence-corrected chi connectivity index (χ3v) is 3.25. The number of aliphatic hydroxyl groups excluding tert-OH is 1. The lowest BCUT2D eigenvalue weighted by atomic mass is 10.2. The topological polar surface area (TPSA) is 63.0 Å². The van der Waals surface area contributed by atoms with E-state index in [1.54, 1.807) is 17.7 Å². The van der Waals surface area contributed by atoms with Gasteiger partial charge in [0, 0.05) is 13.1 Å². The van der Waals surface area contributed by atoms with Crippen molar-refractivity contribution in [2.75, 3.05) is 6.54 Å². The lowest BCUT2D eigenvalue weighted by Gasteiger charge is -2.10. The molecule has 2 aromatic rings. The molecular weight excluding hydrogens is 236 g/mol. The highest BCUT2D eigenvalue weighted by molar-refractivity contribution is 7.07. The van der Waals surface area contributed by atoms with Crippen molar-refractivity contribution in [3.05, 3.63) is 34.5 Å². The second-order valence-corrected chi connectivity index (χ2v) is 4.48. The molecule has 2 heterocycles. The monoisotopic (exact) mass is 252 g/mol. The van der Waals surface area contributed by atoms with Crippen molar-refractivity contribution >= 4 is 11.3 Å². The average Bonchev–Trinajstić information content (AvgIpc) is 2.99. The molecule has 17 heavy (non-hydrogen) atoms. The summed E-state index contributed by atoms with van der Waals surface area (Å²) in [7, 11) is 0. The standard InChI is InChI=1S/C11H16N4OS/c1-2-15-11(13-8-14-15)6-12-5-10(16)9-3-4-17-7-9/h3-4,7-8,10,12,16H,2,5-6H2,1H3. The molecule has 0 saturated carbocycles. The highest BCUT2D eigenvalue weighted by atomic mass is 32.1. The quantitative estimate of drug-likeness (QED) is 0.810. The van der Waals surface area contributed by atoms with Gasteiger partial charge in [-0.25, -0.2) is 9.67 Å². The molecule has 0 bridgehead atoms. The predicted molar refractivity (Wildman–Crippen MR) is 66.7 cm³/mol. The molecule has 0 fully saturated rings. The smallest absolute Gasteiger partial charge is 0.140 e. The summed E-state index contributed by atoms with van der Waals surface area (Å²) in [5.74, 6) is 0.894. The Balaban J connectivity index is 1.80. The minimum Gasteiger partial charge on any atom is -0.387 e. The third-order valence-electron chi connectivity index (χ3n) is 2.54. The van der Waals surface area contributed by atoms with Crippen LogP contribution in [0.25, 0.3) is 0 Å². The van der Waals surface area contributed by atoms with Crippen molar-refractivity contribution in [3.63, 3.8) is 0 Å². The zero-order valence-electron chi connectivity index (χ0n) is 9.71. The molecule has 2 aromatic heterocycles. The molecule has 0 spiro atoms. The van der Waals surface area contributed by atoms with Crippen molar-refractivity contribution in [2.24, 2.45) is 0 Å². The van der Waals surface area contributed by atoms with Gasteiger partial charge in [-0.2, -0.15) is 16.4 Å². The Morgan fingerprint density at radius 1 is 1.59 bits per heavy atom. The fraction of sp³-hybridized carbons (Fsp3) is 0.455. The number of aryl methyl sites for hydroxylation is 1. The molecule has 5 nitrogen and oxygen atoms in total. The van der Waals surface area contributed by atoms with Gasteiger partial charge in [0.1, 0.15) is 12.2 Å². The Kier molecular flexibility index (Phi) is 4.24. The van der Waals surface area contributed by atoms with E-state index in [1.807, 2.05) is 28.4 Å². The minimum atomic E-state index is -0.459. The first-order valence-corrected chi connectivity index (χ1v) is 6.53. The second-order valence-electron chi connectivity index (χ2n) is 3.70. The van der Waals surface area contributed by atoms with E-state index in [0.717, 1.165) is 17.9 Å². The van der Waals surface area contributed by atoms with E-state index in [0.29, 0.717) is 13.1 Å². The van der Waals surface area contributed by atoms with Crippen LogP contribution in [0.1, 0.15) is 24.4 Å². The molecule has 92 valence electrons. The van der Waals surface area contributed by atoms with Crippen molar-refractivity contribution in [3.8, 4) is 0 Å². The Morgan fingerprint density at radius 3 is 3.18 bits per heavy atom. The summed E-state index contributed by atoms with van der Waals surface area (Å²) in [5.41, 5.74) is 0.958. The molecule has 0 saturated heterocycles. The van der Waals surface area contributed by atoms with Gasteiger partial charge in [-0.05, 0) is 29.3 Å². The molecule has 2 N–H and O–H groups in total. The third kappa shape index (κ3) is 3.12. The largest absolute Gasteiger partial charge is 0.387 e. The van der Waals surface area contributed by atoms with Crippen LogP contribution in [0.2, 0.25) is 0 Å². The van der Waals surface area contributed by atoms with Crippen LogP contribution >= 0.6 is 11.3 Å². The molecule has 2 rings (SSSR count). The SMILES string of the molecule is CCn1ncnc1CNCC(O)c1ccsc1. The summed E-state index contributed by atoms with van der Waals surface area (Å²) in [6.07, 6.45) is 1.09. The number of aromatic nitrogens is 3. The van der Waals surface area contributed by atoms with Gasteiger partial charge >= 0.3 is 0 Å². The second kappa shape index (κ2) is 5.90. The normalized spacial score (nSPS) is 12.8. The van der Waals surface area contributed by atoms with Gasteiger partial charge in [0.2, 0.25) is 0 Å². The zero-order valence-corrected chi connectivity index (χ0v) is 10.5. The van der Waals surface area contributed by atoms with Crippen molar-refractivity contribution in [1.29, 1.82) is 0 Å². The maximum absolute atomic E-state index is 9.87. The van der Waals surface area contributed by atoms with Crippen LogP contribution in [0.3, 0.4) is 0 Å². The summed E-state index contributed by atoms with van der Waals surface area (Å²) in [6, 6.07) is 1.94. The van der Waals surface area contributed by atoms with Crippen molar-refractivity contribution in [2.45, 2.75) is 26.1 Å². The van der Waals surface area contributed by atoms with E-state index < -0.39 is 6.10 Å². The lowest BCUT2D eigenvalue weighted by Crippen LogP contribution is -2.23. The van der Waals surface area contributed by atoms with Crippen LogP contribution in [-0.4, -0.2) is 26.4 Å². The average molecular weight is 252 g/mol. The summed E-state index contributed by atoms with van der Waals surface area (Å²) < 4.78 is 1.84. The van der Waals surface area contributed by atoms with E-state index in [-0.39, 0.29) is 0 Å². The molecule has 0 aliphatic heterocycles. The summed E-state index contributed by atoms with van der Waals surface area (Å²) in [6.45, 7) is 3.98. The highest BCUT2D eigenvalue weighted by Crippen LogP contribution is 2.15. The number of hydrogen-bond acceptors (Lipinski definition) is 5. The number of aliphatic hydroxyl groups is 1. The number of nitrogens with one attached hydrogen (secondary N) is 1. The van der Waals surface area contributed by atoms with E-state index in [9.17, 15) is 5.11 Å². The molecule has 0 aliphatic carbocycles. The number of nitrogens with zero attached hydrogens (tertiary/aromatic N) is 3. The fourth-order valence-corrected chi connectivity index (χ4v) is 2.30. The molecule has 0 radical (unpaired) electrons. The summed E-state index contributed by atoms with van der Waals surface area (Å²) in [4.78, 5) is 4.16. The maximum Gasteiger partial charge on any atom is 0.140 e. The minimum absolute atomic E-state index is 0.459. The molecule has 0 aliphatic rings.